The molecule has 2 saturated heterocycles. The Morgan fingerprint density at radius 1 is 1.31 bits per heavy atom. The van der Waals surface area contributed by atoms with Crippen molar-refractivity contribution in [2.45, 2.75) is 60.9 Å². The Labute approximate surface area is 211 Å². The number of hydrogen-bond donors (Lipinski definition) is 3. The van der Waals surface area contributed by atoms with Crippen LogP contribution in [0.5, 0.6) is 0 Å². The Hall–Kier alpha value is -2.02. The van der Waals surface area contributed by atoms with Gasteiger partial charge in [-0.15, -0.1) is 0 Å². The van der Waals surface area contributed by atoms with Crippen LogP contribution >= 0.6 is 10.0 Å². The Kier molecular flexibility index (Phi) is 7.45. The predicted octanol–water partition coefficient (Wildman–Crippen LogP) is -0.890. The molecule has 2 fully saturated rings. The maximum absolute atomic E-state index is 13.5. The second kappa shape index (κ2) is 9.45. The van der Waals surface area contributed by atoms with Crippen molar-refractivity contribution in [3.05, 3.63) is 17.5 Å². The quantitative estimate of drug-likeness (QED) is 0.0939. The zero-order chi connectivity index (χ0) is 26.5. The first-order valence-corrected chi connectivity index (χ1v) is 16.6. The number of amides is 3. The van der Waals surface area contributed by atoms with Crippen molar-refractivity contribution in [1.82, 2.24) is 23.9 Å². The standard InChI is InChI=1S/C21H30F3IN6O3S/c1-11-7-12(30-29-11)8-13(9-26)27-19(34)25-16-14(35(16,5)6)10-31(25)17(32)15(20(2,3)4)28-18(33)21(22,23)24/h7,13-16H,8,10H2,1-6H3,(H,27,34)(H,28,33)(H,29,30)/q-1/t13-,14-,15-,16-/m0/s1. The number of nitrogens with zero attached hydrogens (tertiary/aromatic N) is 3. The summed E-state index contributed by atoms with van der Waals surface area (Å²) in [5.74, 6) is -2.86. The summed E-state index contributed by atoms with van der Waals surface area (Å²) in [5.41, 5.74) is 0.403. The van der Waals surface area contributed by atoms with Gasteiger partial charge in [-0.05, 0) is 0 Å². The van der Waals surface area contributed by atoms with Gasteiger partial charge in [-0.1, -0.05) is 0 Å². The Balaban J connectivity index is 1.83. The van der Waals surface area contributed by atoms with Gasteiger partial charge < -0.3 is 0 Å². The third kappa shape index (κ3) is 5.71. The first-order valence-electron chi connectivity index (χ1n) is 10.8. The molecule has 0 saturated carbocycles. The summed E-state index contributed by atoms with van der Waals surface area (Å²) in [6, 6.07) is 1.52. The van der Waals surface area contributed by atoms with Crippen LogP contribution in [0.2, 0.25) is 0 Å². The molecule has 3 heterocycles. The zero-order valence-corrected chi connectivity index (χ0v) is 23.3. The molecule has 0 aliphatic carbocycles. The molecular weight excluding hydrogens is 600 g/mol. The number of halogens is 4. The number of hydrogen-bond acceptors (Lipinski definition) is 5. The molecule has 1 aromatic rings. The minimum atomic E-state index is -5.14. The van der Waals surface area contributed by atoms with Crippen LogP contribution in [0, 0.1) is 23.7 Å². The maximum atomic E-state index is 13.5. The number of carbonyl (C=O) groups is 3. The summed E-state index contributed by atoms with van der Waals surface area (Å²) in [6.07, 6.45) is -0.782. The van der Waals surface area contributed by atoms with Crippen molar-refractivity contribution in [1.29, 1.82) is 5.26 Å². The normalized spacial score (nSPS) is 24.6. The molecule has 0 unspecified atom stereocenters. The molecule has 0 aromatic carbocycles. The average molecular weight is 630 g/mol. The van der Waals surface area contributed by atoms with E-state index in [-0.39, 0.29) is 25.4 Å². The van der Waals surface area contributed by atoms with Gasteiger partial charge in [-0.3, -0.25) is 0 Å². The van der Waals surface area contributed by atoms with Crippen LogP contribution in [0.4, 0.5) is 18.0 Å². The van der Waals surface area contributed by atoms with Crippen molar-refractivity contribution in [3.63, 3.8) is 0 Å². The van der Waals surface area contributed by atoms with Gasteiger partial charge in [0.05, 0.1) is 0 Å². The predicted molar refractivity (Wildman–Crippen MR) is 121 cm³/mol. The summed E-state index contributed by atoms with van der Waals surface area (Å²) in [5, 5.41) is 21.2. The summed E-state index contributed by atoms with van der Waals surface area (Å²) >= 11 is -2.95. The van der Waals surface area contributed by atoms with Crippen LogP contribution < -0.4 is 30.7 Å². The van der Waals surface area contributed by atoms with Gasteiger partial charge in [0.2, 0.25) is 0 Å². The average Bonchev–Trinajstić information content (AvgIpc) is 3.10. The number of aromatic amines is 1. The fraction of sp³-hybridized carbons (Fsp3) is 0.667. The van der Waals surface area contributed by atoms with E-state index in [2.05, 4.69) is 34.1 Å². The molecule has 1 aromatic heterocycles. The first kappa shape index (κ1) is 27.6. The van der Waals surface area contributed by atoms with E-state index in [4.69, 9.17) is 0 Å². The fourth-order valence-electron chi connectivity index (χ4n) is 3.98. The van der Waals surface area contributed by atoms with E-state index in [0.29, 0.717) is 5.69 Å². The van der Waals surface area contributed by atoms with E-state index in [1.165, 1.54) is 3.11 Å². The van der Waals surface area contributed by atoms with Crippen molar-refractivity contribution in [2.75, 3.05) is 19.1 Å². The number of alkyl halides is 4. The van der Waals surface area contributed by atoms with E-state index < -0.39 is 65.6 Å². The topological polar surface area (TPSA) is 131 Å². The molecule has 1 radical (unpaired) electrons. The SMILES string of the molecule is Cc1cc(C[C@@H](C#N)NC(=O)[I-]2[C@@H]3[C@H](CN2C(=O)[C@H](NC(=O)C(F)(F)F)C(C)(C)C)S3(C)C)n[nH]1. The molecule has 2 aliphatic heterocycles. The van der Waals surface area contributed by atoms with Gasteiger partial charge in [0, 0.05) is 0 Å². The van der Waals surface area contributed by atoms with E-state index in [1.807, 2.05) is 12.2 Å². The fourth-order valence-corrected chi connectivity index (χ4v) is 20.6. The number of rotatable bonds is 6. The Morgan fingerprint density at radius 3 is 2.43 bits per heavy atom. The van der Waals surface area contributed by atoms with Crippen molar-refractivity contribution >= 4 is 25.8 Å². The van der Waals surface area contributed by atoms with Gasteiger partial charge in [-0.2, -0.15) is 0 Å². The monoisotopic (exact) mass is 630 g/mol. The number of nitriles is 1. The number of H-pyrrole nitrogens is 1. The third-order valence-corrected chi connectivity index (χ3v) is 20.2. The van der Waals surface area contributed by atoms with Gasteiger partial charge in [0.25, 0.3) is 0 Å². The molecule has 3 amide bonds. The Morgan fingerprint density at radius 2 is 1.94 bits per heavy atom. The molecular formula is C21H30F3IN6O3S-. The molecule has 197 valence electrons. The molecule has 9 nitrogen and oxygen atoms in total. The number of aromatic nitrogens is 2. The summed E-state index contributed by atoms with van der Waals surface area (Å²) in [4.78, 5) is 38.6. The summed E-state index contributed by atoms with van der Waals surface area (Å²) in [7, 11) is -1.12. The molecule has 0 bridgehead atoms. The van der Waals surface area contributed by atoms with Gasteiger partial charge in [-0.25, -0.2) is 0 Å². The van der Waals surface area contributed by atoms with E-state index in [0.717, 1.165) is 5.69 Å². The summed E-state index contributed by atoms with van der Waals surface area (Å²) < 4.78 is 39.9. The number of carbonyl (C=O) groups excluding carboxylic acids is 3. The van der Waals surface area contributed by atoms with Crippen molar-refractivity contribution in [2.24, 2.45) is 5.41 Å². The second-order valence-electron chi connectivity index (χ2n) is 10.2. The number of aryl methyl sites for hydroxylation is 1. The van der Waals surface area contributed by atoms with Gasteiger partial charge in [0.1, 0.15) is 0 Å². The van der Waals surface area contributed by atoms with E-state index in [9.17, 15) is 32.8 Å². The van der Waals surface area contributed by atoms with Gasteiger partial charge in [0.15, 0.2) is 0 Å². The van der Waals surface area contributed by atoms with Crippen LogP contribution in [0.25, 0.3) is 0 Å². The Bertz CT molecular complexity index is 1060. The number of fused-ring (bicyclic) bond motifs is 1. The zero-order valence-electron chi connectivity index (χ0n) is 20.3. The third-order valence-electron chi connectivity index (χ3n) is 6.02. The van der Waals surface area contributed by atoms with Crippen LogP contribution in [-0.4, -0.2) is 74.9 Å². The molecule has 2 aliphatic rings. The van der Waals surface area contributed by atoms with Crippen LogP contribution in [0.1, 0.15) is 32.2 Å². The molecule has 0 spiro atoms. The molecule has 4 atom stereocenters. The second-order valence-corrected chi connectivity index (χ2v) is 20.2. The van der Waals surface area contributed by atoms with Crippen LogP contribution in [0.3, 0.4) is 0 Å². The summed E-state index contributed by atoms with van der Waals surface area (Å²) in [6.45, 7) is 6.79. The molecule has 3 rings (SSSR count). The molecule has 14 heteroatoms. The number of nitrogens with one attached hydrogen (secondary N) is 3. The van der Waals surface area contributed by atoms with Crippen molar-refractivity contribution in [3.8, 4) is 6.07 Å². The van der Waals surface area contributed by atoms with E-state index >= 15 is 0 Å². The van der Waals surface area contributed by atoms with Crippen LogP contribution in [-0.2, 0) is 16.0 Å². The molecule has 3 N–H and O–H groups in total. The van der Waals surface area contributed by atoms with Gasteiger partial charge >= 0.3 is 211 Å². The minimum absolute atomic E-state index is 0.0292. The molecule has 35 heavy (non-hydrogen) atoms. The van der Waals surface area contributed by atoms with E-state index in [1.54, 1.807) is 26.8 Å². The van der Waals surface area contributed by atoms with Crippen LogP contribution in [0.15, 0.2) is 6.07 Å². The van der Waals surface area contributed by atoms with Crippen molar-refractivity contribution < 1.29 is 47.6 Å². The first-order chi connectivity index (χ1) is 16.0.